The Hall–Kier alpha value is -1.83. The predicted octanol–water partition coefficient (Wildman–Crippen LogP) is 1.94. The lowest BCUT2D eigenvalue weighted by atomic mass is 10.1. The molecule has 0 radical (unpaired) electrons. The summed E-state index contributed by atoms with van der Waals surface area (Å²) in [5, 5.41) is 6.17. The average Bonchev–Trinajstić information content (AvgIpc) is 3.07. The maximum Gasteiger partial charge on any atom is 0.267 e. The molecule has 25 heavy (non-hydrogen) atoms. The summed E-state index contributed by atoms with van der Waals surface area (Å²) in [5.41, 5.74) is 1.33. The number of benzene rings is 1. The zero-order valence-corrected chi connectivity index (χ0v) is 15.6. The summed E-state index contributed by atoms with van der Waals surface area (Å²) >= 11 is 0. The van der Waals surface area contributed by atoms with Crippen molar-refractivity contribution in [3.63, 3.8) is 0 Å². The summed E-state index contributed by atoms with van der Waals surface area (Å²) in [5.74, 6) is -0.249. The van der Waals surface area contributed by atoms with E-state index in [1.54, 1.807) is 24.3 Å². The van der Waals surface area contributed by atoms with Crippen LogP contribution in [0.2, 0.25) is 0 Å². The number of rotatable bonds is 4. The molecule has 1 fully saturated rings. The number of amides is 1. The standard InChI is InChI=1S/C17H21N3O3S.ClH/c1-13-4-6-16(7-5-13)24(22,23)20-10-8-14(12-20)17(21)19-15-3-2-9-18-11-15;/h4-8,10,12,15,18H,2-3,9,11H2,1H3,(H,19,21);1H/t15-;/m0./s1. The number of halogens is 1. The molecule has 6 nitrogen and oxygen atoms in total. The number of nitrogens with one attached hydrogen (secondary N) is 2. The van der Waals surface area contributed by atoms with E-state index in [2.05, 4.69) is 10.6 Å². The van der Waals surface area contributed by atoms with Gasteiger partial charge in [-0.1, -0.05) is 17.7 Å². The van der Waals surface area contributed by atoms with Gasteiger partial charge >= 0.3 is 0 Å². The molecule has 0 bridgehead atoms. The number of carbonyl (C=O) groups is 1. The van der Waals surface area contributed by atoms with Crippen molar-refractivity contribution in [2.24, 2.45) is 0 Å². The quantitative estimate of drug-likeness (QED) is 0.845. The average molecular weight is 384 g/mol. The van der Waals surface area contributed by atoms with Crippen molar-refractivity contribution in [3.05, 3.63) is 53.9 Å². The van der Waals surface area contributed by atoms with Gasteiger partial charge in [0.25, 0.3) is 15.9 Å². The normalized spacial score (nSPS) is 17.6. The van der Waals surface area contributed by atoms with E-state index in [-0.39, 0.29) is 29.3 Å². The molecule has 3 rings (SSSR count). The summed E-state index contributed by atoms with van der Waals surface area (Å²) in [4.78, 5) is 12.5. The van der Waals surface area contributed by atoms with Gasteiger partial charge < -0.3 is 10.6 Å². The first-order valence-corrected chi connectivity index (χ1v) is 9.42. The van der Waals surface area contributed by atoms with Gasteiger partial charge in [0, 0.05) is 25.0 Å². The fourth-order valence-corrected chi connectivity index (χ4v) is 3.93. The minimum absolute atomic E-state index is 0. The van der Waals surface area contributed by atoms with Crippen molar-refractivity contribution in [1.82, 2.24) is 14.6 Å². The molecule has 0 saturated carbocycles. The van der Waals surface area contributed by atoms with E-state index >= 15 is 0 Å². The van der Waals surface area contributed by atoms with Crippen LogP contribution in [-0.4, -0.2) is 37.4 Å². The molecule has 2 N–H and O–H groups in total. The molecule has 0 unspecified atom stereocenters. The number of aryl methyl sites for hydroxylation is 1. The summed E-state index contributed by atoms with van der Waals surface area (Å²) in [7, 11) is -3.68. The Morgan fingerprint density at radius 3 is 2.60 bits per heavy atom. The first kappa shape index (κ1) is 19.5. The Morgan fingerprint density at radius 1 is 1.24 bits per heavy atom. The van der Waals surface area contributed by atoms with Crippen LogP contribution in [0.15, 0.2) is 47.6 Å². The topological polar surface area (TPSA) is 80.2 Å². The van der Waals surface area contributed by atoms with Crippen molar-refractivity contribution in [2.75, 3.05) is 13.1 Å². The van der Waals surface area contributed by atoms with Gasteiger partial charge in [-0.25, -0.2) is 12.4 Å². The smallest absolute Gasteiger partial charge is 0.267 e. The molecule has 1 amide bonds. The number of piperidine rings is 1. The number of hydrogen-bond donors (Lipinski definition) is 2. The molecule has 1 atom stereocenters. The van der Waals surface area contributed by atoms with E-state index in [0.29, 0.717) is 5.56 Å². The molecule has 1 aliphatic heterocycles. The van der Waals surface area contributed by atoms with Crippen molar-refractivity contribution in [3.8, 4) is 0 Å². The maximum absolute atomic E-state index is 12.6. The van der Waals surface area contributed by atoms with Crippen molar-refractivity contribution >= 4 is 28.3 Å². The van der Waals surface area contributed by atoms with Gasteiger partial charge in [-0.2, -0.15) is 0 Å². The molecule has 1 aromatic heterocycles. The molecule has 136 valence electrons. The summed E-state index contributed by atoms with van der Waals surface area (Å²) in [6.07, 6.45) is 4.72. The Labute approximate surface area is 154 Å². The van der Waals surface area contributed by atoms with Crippen LogP contribution >= 0.6 is 12.4 Å². The van der Waals surface area contributed by atoms with Gasteiger partial charge in [0.2, 0.25) is 0 Å². The van der Waals surface area contributed by atoms with Gasteiger partial charge in [-0.3, -0.25) is 4.79 Å². The Morgan fingerprint density at radius 2 is 1.96 bits per heavy atom. The fraction of sp³-hybridized carbons (Fsp3) is 0.353. The highest BCUT2D eigenvalue weighted by molar-refractivity contribution is 7.90. The van der Waals surface area contributed by atoms with Crippen LogP contribution < -0.4 is 10.6 Å². The first-order valence-electron chi connectivity index (χ1n) is 7.98. The van der Waals surface area contributed by atoms with Crippen molar-refractivity contribution in [1.29, 1.82) is 0 Å². The third kappa shape index (κ3) is 4.42. The fourth-order valence-electron chi connectivity index (χ4n) is 2.74. The number of carbonyl (C=O) groups excluding carboxylic acids is 1. The number of hydrogen-bond acceptors (Lipinski definition) is 4. The Kier molecular flexibility index (Phi) is 6.26. The second-order valence-corrected chi connectivity index (χ2v) is 7.91. The van der Waals surface area contributed by atoms with Crippen LogP contribution in [0.5, 0.6) is 0 Å². The molecular weight excluding hydrogens is 362 g/mol. The molecule has 2 heterocycles. The second-order valence-electron chi connectivity index (χ2n) is 6.06. The predicted molar refractivity (Wildman–Crippen MR) is 98.8 cm³/mol. The van der Waals surface area contributed by atoms with Crippen LogP contribution in [0.25, 0.3) is 0 Å². The molecule has 8 heteroatoms. The van der Waals surface area contributed by atoms with E-state index in [9.17, 15) is 13.2 Å². The largest absolute Gasteiger partial charge is 0.348 e. The second kappa shape index (κ2) is 8.03. The lowest BCUT2D eigenvalue weighted by Crippen LogP contribution is -2.45. The van der Waals surface area contributed by atoms with Crippen LogP contribution in [0, 0.1) is 6.92 Å². The zero-order chi connectivity index (χ0) is 17.2. The lowest BCUT2D eigenvalue weighted by molar-refractivity contribution is 0.0931. The minimum Gasteiger partial charge on any atom is -0.348 e. The highest BCUT2D eigenvalue weighted by atomic mass is 35.5. The molecule has 1 aromatic carbocycles. The molecule has 1 aliphatic rings. The highest BCUT2D eigenvalue weighted by Crippen LogP contribution is 2.16. The summed E-state index contributed by atoms with van der Waals surface area (Å²) in [6.45, 7) is 3.61. The first-order chi connectivity index (χ1) is 11.5. The molecule has 0 spiro atoms. The van der Waals surface area contributed by atoms with Crippen molar-refractivity contribution in [2.45, 2.75) is 30.7 Å². The Bertz CT molecular complexity index is 825. The molecule has 1 saturated heterocycles. The summed E-state index contributed by atoms with van der Waals surface area (Å²) in [6, 6.07) is 8.25. The van der Waals surface area contributed by atoms with Crippen molar-refractivity contribution < 1.29 is 13.2 Å². The van der Waals surface area contributed by atoms with Gasteiger partial charge in [0.05, 0.1) is 10.5 Å². The molecule has 2 aromatic rings. The summed E-state index contributed by atoms with van der Waals surface area (Å²) < 4.78 is 26.3. The number of aromatic nitrogens is 1. The van der Waals surface area contributed by atoms with E-state index in [1.807, 2.05) is 6.92 Å². The van der Waals surface area contributed by atoms with E-state index in [4.69, 9.17) is 0 Å². The third-order valence-electron chi connectivity index (χ3n) is 4.16. The SMILES string of the molecule is Cc1ccc(S(=O)(=O)n2ccc(C(=O)N[C@H]3CCCNC3)c2)cc1.Cl. The van der Waals surface area contributed by atoms with Gasteiger partial charge in [0.1, 0.15) is 0 Å². The van der Waals surface area contributed by atoms with Gasteiger partial charge in [0.15, 0.2) is 0 Å². The molecular formula is C17H22ClN3O3S. The lowest BCUT2D eigenvalue weighted by Gasteiger charge is -2.23. The van der Waals surface area contributed by atoms with E-state index in [1.165, 1.54) is 18.5 Å². The van der Waals surface area contributed by atoms with Crippen LogP contribution in [0.3, 0.4) is 0 Å². The maximum atomic E-state index is 12.6. The van der Waals surface area contributed by atoms with Crippen LogP contribution in [-0.2, 0) is 10.0 Å². The Balaban J connectivity index is 0.00000225. The van der Waals surface area contributed by atoms with E-state index < -0.39 is 10.0 Å². The minimum atomic E-state index is -3.68. The van der Waals surface area contributed by atoms with Crippen LogP contribution in [0.1, 0.15) is 28.8 Å². The third-order valence-corrected chi connectivity index (χ3v) is 5.81. The van der Waals surface area contributed by atoms with E-state index in [0.717, 1.165) is 35.5 Å². The highest BCUT2D eigenvalue weighted by Gasteiger charge is 2.20. The monoisotopic (exact) mass is 383 g/mol. The zero-order valence-electron chi connectivity index (χ0n) is 13.9. The molecule has 0 aliphatic carbocycles. The van der Waals surface area contributed by atoms with Gasteiger partial charge in [-0.15, -0.1) is 12.4 Å². The van der Waals surface area contributed by atoms with Crippen LogP contribution in [0.4, 0.5) is 0 Å². The van der Waals surface area contributed by atoms with Gasteiger partial charge in [-0.05, 0) is 44.5 Å². The number of nitrogens with zero attached hydrogens (tertiary/aromatic N) is 1.